The van der Waals surface area contributed by atoms with Gasteiger partial charge in [-0.3, -0.25) is 0 Å². The summed E-state index contributed by atoms with van der Waals surface area (Å²) in [6, 6.07) is 17.8. The van der Waals surface area contributed by atoms with Gasteiger partial charge in [0.2, 0.25) is 0 Å². The van der Waals surface area contributed by atoms with E-state index < -0.39 is 3.22 Å². The van der Waals surface area contributed by atoms with Crippen LogP contribution < -0.4 is 0 Å². The van der Waals surface area contributed by atoms with Crippen molar-refractivity contribution in [2.24, 2.45) is 0 Å². The Morgan fingerprint density at radius 1 is 1.00 bits per heavy atom. The topological polar surface area (TPSA) is 17.1 Å². The summed E-state index contributed by atoms with van der Waals surface area (Å²) < 4.78 is -0.575. The molecule has 0 amide bonds. The molecule has 0 aliphatic rings. The van der Waals surface area contributed by atoms with Crippen molar-refractivity contribution in [1.82, 2.24) is 0 Å². The van der Waals surface area contributed by atoms with Gasteiger partial charge in [-0.15, -0.1) is 0 Å². The van der Waals surface area contributed by atoms with Crippen LogP contribution >= 0.6 is 15.9 Å². The summed E-state index contributed by atoms with van der Waals surface area (Å²) in [6.45, 7) is 1.83. The van der Waals surface area contributed by atoms with Crippen LogP contribution in [0.2, 0.25) is 0 Å². The second-order valence-corrected chi connectivity index (χ2v) is 9.02. The Morgan fingerprint density at radius 2 is 1.50 bits per heavy atom. The van der Waals surface area contributed by atoms with Crippen molar-refractivity contribution in [3.63, 3.8) is 0 Å². The summed E-state index contributed by atoms with van der Waals surface area (Å²) in [5.74, 6) is 0.0714. The quantitative estimate of drug-likeness (QED) is 0.460. The van der Waals surface area contributed by atoms with Crippen molar-refractivity contribution in [1.29, 1.82) is 0 Å². The third-order valence-electron chi connectivity index (χ3n) is 2.67. The van der Waals surface area contributed by atoms with Gasteiger partial charge in [-0.25, -0.2) is 0 Å². The van der Waals surface area contributed by atoms with Crippen molar-refractivity contribution in [2.75, 3.05) is 0 Å². The molecule has 0 radical (unpaired) electrons. The molecule has 0 saturated heterocycles. The van der Waals surface area contributed by atoms with E-state index in [9.17, 15) is 4.79 Å². The van der Waals surface area contributed by atoms with Crippen LogP contribution in [0.15, 0.2) is 54.6 Å². The van der Waals surface area contributed by atoms with Gasteiger partial charge in [0.1, 0.15) is 0 Å². The molecule has 2 aromatic carbocycles. The number of Topliss-reactive ketones (excluding diaryl/α,β-unsaturated/α-hetero) is 1. The van der Waals surface area contributed by atoms with Gasteiger partial charge in [0.25, 0.3) is 0 Å². The molecule has 0 aliphatic carbocycles. The summed E-state index contributed by atoms with van der Waals surface area (Å²) in [7, 11) is 0. The third-order valence-corrected chi connectivity index (χ3v) is 3.45. The first-order valence-corrected chi connectivity index (χ1v) is 7.33. The summed E-state index contributed by atoms with van der Waals surface area (Å²) in [5.41, 5.74) is 2.99. The van der Waals surface area contributed by atoms with Crippen LogP contribution in [0.3, 0.4) is 0 Å². The molecule has 2 aromatic rings. The Labute approximate surface area is 124 Å². The number of carbonyl (C=O) groups excluding carboxylic acids is 1. The number of benzene rings is 2. The van der Waals surface area contributed by atoms with Gasteiger partial charge in [0.15, 0.2) is 0 Å². The van der Waals surface area contributed by atoms with Gasteiger partial charge in [-0.2, -0.15) is 0 Å². The number of ketones is 1. The van der Waals surface area contributed by atoms with Crippen molar-refractivity contribution < 1.29 is 4.79 Å². The van der Waals surface area contributed by atoms with Gasteiger partial charge in [-0.05, 0) is 0 Å². The molecule has 18 heavy (non-hydrogen) atoms. The monoisotopic (exact) mass is 368 g/mol. The standard InChI is InChI=1S/C15H13BrOSe/c1-15(16,18)14(17)13-9-7-12(8-10-13)11-5-3-2-4-6-11/h2-10,18H,1H3. The van der Waals surface area contributed by atoms with E-state index >= 15 is 0 Å². The Bertz CT molecular complexity index is 541. The van der Waals surface area contributed by atoms with Crippen LogP contribution in [-0.2, 0) is 0 Å². The van der Waals surface area contributed by atoms with Gasteiger partial charge >= 0.3 is 124 Å². The molecule has 2 rings (SSSR count). The summed E-state index contributed by atoms with van der Waals surface area (Å²) in [6.07, 6.45) is 0. The molecule has 1 unspecified atom stereocenters. The Balaban J connectivity index is 2.29. The Kier molecular flexibility index (Phi) is 4.06. The zero-order chi connectivity index (χ0) is 13.2. The SMILES string of the molecule is CC([SeH])(Br)C(=O)c1ccc(-c2ccccc2)cc1. The average molecular weight is 368 g/mol. The van der Waals surface area contributed by atoms with E-state index in [0.717, 1.165) is 16.7 Å². The molecule has 0 N–H and O–H groups in total. The predicted molar refractivity (Wildman–Crippen MR) is 80.7 cm³/mol. The van der Waals surface area contributed by atoms with E-state index in [2.05, 4.69) is 44.1 Å². The molecular weight excluding hydrogens is 355 g/mol. The first-order valence-electron chi connectivity index (χ1n) is 5.60. The summed E-state index contributed by atoms with van der Waals surface area (Å²) in [5, 5.41) is 0. The number of hydrogen-bond donors (Lipinski definition) is 0. The van der Waals surface area contributed by atoms with Crippen LogP contribution in [-0.4, -0.2) is 25.0 Å². The van der Waals surface area contributed by atoms with E-state index in [1.54, 1.807) is 0 Å². The average Bonchev–Trinajstić information content (AvgIpc) is 2.38. The van der Waals surface area contributed by atoms with E-state index in [0.29, 0.717) is 0 Å². The number of rotatable bonds is 3. The normalized spacial score (nSPS) is 13.9. The van der Waals surface area contributed by atoms with Gasteiger partial charge in [0, 0.05) is 0 Å². The molecule has 1 atom stereocenters. The zero-order valence-corrected chi connectivity index (χ0v) is 13.4. The molecule has 0 aliphatic heterocycles. The molecule has 0 fully saturated rings. The first kappa shape index (κ1) is 13.5. The molecule has 0 aromatic heterocycles. The van der Waals surface area contributed by atoms with Crippen LogP contribution in [0, 0.1) is 0 Å². The molecule has 92 valence electrons. The van der Waals surface area contributed by atoms with Crippen LogP contribution in [0.1, 0.15) is 17.3 Å². The molecule has 3 heteroatoms. The minimum atomic E-state index is -0.575. The zero-order valence-electron chi connectivity index (χ0n) is 9.93. The summed E-state index contributed by atoms with van der Waals surface area (Å²) >= 11 is 5.71. The second kappa shape index (κ2) is 5.39. The van der Waals surface area contributed by atoms with Crippen LogP contribution in [0.5, 0.6) is 0 Å². The fraction of sp³-hybridized carbons (Fsp3) is 0.133. The van der Waals surface area contributed by atoms with Gasteiger partial charge in [-0.1, -0.05) is 0 Å². The van der Waals surface area contributed by atoms with Crippen molar-refractivity contribution in [2.45, 2.75) is 10.1 Å². The second-order valence-electron chi connectivity index (χ2n) is 4.23. The number of carbonyl (C=O) groups is 1. The number of alkyl halides is 1. The van der Waals surface area contributed by atoms with Crippen molar-refractivity contribution in [3.05, 3.63) is 60.2 Å². The first-order chi connectivity index (χ1) is 8.48. The third kappa shape index (κ3) is 3.11. The fourth-order valence-corrected chi connectivity index (χ4v) is 2.21. The summed E-state index contributed by atoms with van der Waals surface area (Å²) in [4.78, 5) is 12.1. The molecule has 0 bridgehead atoms. The van der Waals surface area contributed by atoms with E-state index in [1.807, 2.05) is 49.4 Å². The molecule has 0 saturated carbocycles. The van der Waals surface area contributed by atoms with Crippen LogP contribution in [0.4, 0.5) is 0 Å². The maximum atomic E-state index is 12.1. The van der Waals surface area contributed by atoms with Gasteiger partial charge in [0.05, 0.1) is 0 Å². The Morgan fingerprint density at radius 3 is 2.00 bits per heavy atom. The van der Waals surface area contributed by atoms with E-state index in [4.69, 9.17) is 0 Å². The fourth-order valence-electron chi connectivity index (χ4n) is 1.71. The molecule has 0 spiro atoms. The predicted octanol–water partition coefficient (Wildman–Crippen LogP) is 3.55. The molecular formula is C15H13BrOSe. The Hall–Kier alpha value is -0.891. The number of halogens is 1. The van der Waals surface area contributed by atoms with E-state index in [-0.39, 0.29) is 5.78 Å². The van der Waals surface area contributed by atoms with Crippen molar-refractivity contribution in [3.8, 4) is 11.1 Å². The minimum absolute atomic E-state index is 0.0714. The van der Waals surface area contributed by atoms with Crippen LogP contribution in [0.25, 0.3) is 11.1 Å². The number of hydrogen-bond acceptors (Lipinski definition) is 1. The van der Waals surface area contributed by atoms with Gasteiger partial charge < -0.3 is 0 Å². The molecule has 1 nitrogen and oxygen atoms in total. The van der Waals surface area contributed by atoms with Crippen molar-refractivity contribution >= 4 is 37.7 Å². The van der Waals surface area contributed by atoms with E-state index in [1.165, 1.54) is 0 Å². The molecule has 0 heterocycles. The maximum absolute atomic E-state index is 12.1.